The van der Waals surface area contributed by atoms with Gasteiger partial charge in [0.1, 0.15) is 17.4 Å². The quantitative estimate of drug-likeness (QED) is 0.811. The van der Waals surface area contributed by atoms with Crippen LogP contribution in [0, 0.1) is 0 Å². The summed E-state index contributed by atoms with van der Waals surface area (Å²) in [5.74, 6) is -0.136. The SMILES string of the molecule is COc1ccc2c(c1OC)C(=O)OC2CC(=O)Nc1cccc(O)c1. The van der Waals surface area contributed by atoms with E-state index in [0.717, 1.165) is 0 Å². The number of methoxy groups -OCH3 is 2. The van der Waals surface area contributed by atoms with E-state index < -0.39 is 12.1 Å². The predicted octanol–water partition coefficient (Wildman–Crippen LogP) is 2.65. The van der Waals surface area contributed by atoms with Gasteiger partial charge in [0, 0.05) is 17.3 Å². The van der Waals surface area contributed by atoms with Crippen LogP contribution in [-0.4, -0.2) is 31.2 Å². The van der Waals surface area contributed by atoms with Crippen molar-refractivity contribution in [3.05, 3.63) is 47.5 Å². The standard InChI is InChI=1S/C18H17NO6/c1-23-13-7-6-12-14(25-18(22)16(12)17(13)24-2)9-15(21)19-10-4-3-5-11(20)8-10/h3-8,14,20H,9H2,1-2H3,(H,19,21). The lowest BCUT2D eigenvalue weighted by Crippen LogP contribution is -2.15. The number of rotatable bonds is 5. The number of phenols is 1. The fraction of sp³-hybridized carbons (Fsp3) is 0.222. The monoisotopic (exact) mass is 343 g/mol. The smallest absolute Gasteiger partial charge is 0.343 e. The summed E-state index contributed by atoms with van der Waals surface area (Å²) in [4.78, 5) is 24.4. The van der Waals surface area contributed by atoms with Crippen LogP contribution >= 0.6 is 0 Å². The summed E-state index contributed by atoms with van der Waals surface area (Å²) < 4.78 is 15.8. The zero-order chi connectivity index (χ0) is 18.0. The number of fused-ring (bicyclic) bond motifs is 1. The molecule has 0 aliphatic carbocycles. The van der Waals surface area contributed by atoms with E-state index in [4.69, 9.17) is 14.2 Å². The molecular formula is C18H17NO6. The molecular weight excluding hydrogens is 326 g/mol. The van der Waals surface area contributed by atoms with Crippen molar-refractivity contribution >= 4 is 17.6 Å². The first kappa shape index (κ1) is 16.6. The maximum atomic E-state index is 12.2. The van der Waals surface area contributed by atoms with E-state index in [0.29, 0.717) is 22.7 Å². The number of aromatic hydroxyl groups is 1. The van der Waals surface area contributed by atoms with Crippen LogP contribution in [0.25, 0.3) is 0 Å². The molecule has 2 aromatic carbocycles. The minimum atomic E-state index is -0.709. The number of phenolic OH excluding ortho intramolecular Hbond substituents is 1. The molecule has 130 valence electrons. The van der Waals surface area contributed by atoms with Crippen molar-refractivity contribution in [2.45, 2.75) is 12.5 Å². The van der Waals surface area contributed by atoms with E-state index in [9.17, 15) is 14.7 Å². The average Bonchev–Trinajstić information content (AvgIpc) is 2.89. The molecule has 0 radical (unpaired) electrons. The molecule has 1 amide bonds. The summed E-state index contributed by atoms with van der Waals surface area (Å²) in [5, 5.41) is 12.1. The summed E-state index contributed by atoms with van der Waals surface area (Å²) in [6.45, 7) is 0. The number of ether oxygens (including phenoxy) is 3. The van der Waals surface area contributed by atoms with Gasteiger partial charge in [-0.3, -0.25) is 4.79 Å². The van der Waals surface area contributed by atoms with Crippen molar-refractivity contribution in [3.63, 3.8) is 0 Å². The maximum absolute atomic E-state index is 12.2. The number of esters is 1. The highest BCUT2D eigenvalue weighted by molar-refractivity contribution is 5.99. The van der Waals surface area contributed by atoms with Crippen molar-refractivity contribution in [2.75, 3.05) is 19.5 Å². The first-order chi connectivity index (χ1) is 12.0. The molecule has 0 aromatic heterocycles. The molecule has 0 saturated carbocycles. The highest BCUT2D eigenvalue weighted by Gasteiger charge is 2.36. The summed E-state index contributed by atoms with van der Waals surface area (Å²) in [6, 6.07) is 9.56. The summed E-state index contributed by atoms with van der Waals surface area (Å²) >= 11 is 0. The van der Waals surface area contributed by atoms with Gasteiger partial charge >= 0.3 is 5.97 Å². The lowest BCUT2D eigenvalue weighted by Gasteiger charge is -2.12. The third-order valence-corrected chi connectivity index (χ3v) is 3.88. The number of carbonyl (C=O) groups is 2. The fourth-order valence-electron chi connectivity index (χ4n) is 2.79. The molecule has 3 rings (SSSR count). The van der Waals surface area contributed by atoms with Crippen LogP contribution in [0.4, 0.5) is 5.69 Å². The van der Waals surface area contributed by atoms with E-state index in [-0.39, 0.29) is 23.6 Å². The molecule has 2 N–H and O–H groups in total. The largest absolute Gasteiger partial charge is 0.508 e. The van der Waals surface area contributed by atoms with E-state index in [1.165, 1.54) is 26.4 Å². The first-order valence-electron chi connectivity index (χ1n) is 7.58. The van der Waals surface area contributed by atoms with Crippen LogP contribution in [0.3, 0.4) is 0 Å². The Morgan fingerprint density at radius 1 is 1.24 bits per heavy atom. The van der Waals surface area contributed by atoms with Crippen molar-refractivity contribution in [3.8, 4) is 17.2 Å². The summed E-state index contributed by atoms with van der Waals surface area (Å²) in [6.07, 6.45) is -0.760. The fourth-order valence-corrected chi connectivity index (χ4v) is 2.79. The zero-order valence-electron chi connectivity index (χ0n) is 13.7. The van der Waals surface area contributed by atoms with Gasteiger partial charge in [0.15, 0.2) is 11.5 Å². The molecule has 1 aliphatic rings. The number of carbonyl (C=O) groups excluding carboxylic acids is 2. The van der Waals surface area contributed by atoms with Crippen LogP contribution in [0.1, 0.15) is 28.4 Å². The van der Waals surface area contributed by atoms with Gasteiger partial charge in [-0.1, -0.05) is 12.1 Å². The van der Waals surface area contributed by atoms with Gasteiger partial charge in [0.25, 0.3) is 0 Å². The number of benzene rings is 2. The summed E-state index contributed by atoms with van der Waals surface area (Å²) in [5.41, 5.74) is 1.31. The lowest BCUT2D eigenvalue weighted by atomic mass is 10.0. The van der Waals surface area contributed by atoms with Gasteiger partial charge in [-0.25, -0.2) is 4.79 Å². The number of hydrogen-bond donors (Lipinski definition) is 2. The molecule has 1 heterocycles. The van der Waals surface area contributed by atoms with Crippen LogP contribution in [0.15, 0.2) is 36.4 Å². The maximum Gasteiger partial charge on any atom is 0.343 e. The van der Waals surface area contributed by atoms with E-state index in [2.05, 4.69) is 5.32 Å². The molecule has 1 aliphatic heterocycles. The minimum Gasteiger partial charge on any atom is -0.508 e. The summed E-state index contributed by atoms with van der Waals surface area (Å²) in [7, 11) is 2.91. The van der Waals surface area contributed by atoms with Crippen LogP contribution in [0.2, 0.25) is 0 Å². The topological polar surface area (TPSA) is 94.1 Å². The van der Waals surface area contributed by atoms with E-state index in [1.807, 2.05) is 0 Å². The molecule has 7 heteroatoms. The second-order valence-electron chi connectivity index (χ2n) is 5.46. The number of amides is 1. The Balaban J connectivity index is 1.80. The molecule has 25 heavy (non-hydrogen) atoms. The molecule has 7 nitrogen and oxygen atoms in total. The van der Waals surface area contributed by atoms with Gasteiger partial charge in [-0.05, 0) is 18.2 Å². The van der Waals surface area contributed by atoms with Crippen LogP contribution in [0.5, 0.6) is 17.2 Å². The number of anilines is 1. The Morgan fingerprint density at radius 2 is 2.04 bits per heavy atom. The second-order valence-corrected chi connectivity index (χ2v) is 5.46. The van der Waals surface area contributed by atoms with Crippen molar-refractivity contribution in [1.29, 1.82) is 0 Å². The highest BCUT2D eigenvalue weighted by atomic mass is 16.6. The van der Waals surface area contributed by atoms with Gasteiger partial charge in [-0.2, -0.15) is 0 Å². The molecule has 1 unspecified atom stereocenters. The van der Waals surface area contributed by atoms with Gasteiger partial charge < -0.3 is 24.6 Å². The molecule has 0 saturated heterocycles. The van der Waals surface area contributed by atoms with Crippen molar-refractivity contribution in [1.82, 2.24) is 0 Å². The molecule has 2 aromatic rings. The molecule has 0 spiro atoms. The Morgan fingerprint density at radius 3 is 2.72 bits per heavy atom. The molecule has 0 fully saturated rings. The normalized spacial score (nSPS) is 15.3. The Bertz CT molecular complexity index is 832. The van der Waals surface area contributed by atoms with E-state index >= 15 is 0 Å². The van der Waals surface area contributed by atoms with Gasteiger partial charge in [0.05, 0.1) is 20.6 Å². The first-order valence-corrected chi connectivity index (χ1v) is 7.58. The molecule has 0 bridgehead atoms. The average molecular weight is 343 g/mol. The van der Waals surface area contributed by atoms with E-state index in [1.54, 1.807) is 24.3 Å². The number of hydrogen-bond acceptors (Lipinski definition) is 6. The van der Waals surface area contributed by atoms with Crippen molar-refractivity contribution in [2.24, 2.45) is 0 Å². The van der Waals surface area contributed by atoms with Gasteiger partial charge in [0.2, 0.25) is 5.91 Å². The van der Waals surface area contributed by atoms with Crippen LogP contribution in [-0.2, 0) is 9.53 Å². The Hall–Kier alpha value is -3.22. The van der Waals surface area contributed by atoms with Gasteiger partial charge in [-0.15, -0.1) is 0 Å². The second kappa shape index (κ2) is 6.72. The highest BCUT2D eigenvalue weighted by Crippen LogP contribution is 2.43. The number of nitrogens with one attached hydrogen (secondary N) is 1. The third kappa shape index (κ3) is 3.21. The Labute approximate surface area is 144 Å². The van der Waals surface area contributed by atoms with Crippen molar-refractivity contribution < 1.29 is 28.9 Å². The predicted molar refractivity (Wildman–Crippen MR) is 89.1 cm³/mol. The van der Waals surface area contributed by atoms with Crippen LogP contribution < -0.4 is 14.8 Å². The lowest BCUT2D eigenvalue weighted by molar-refractivity contribution is -0.118. The number of cyclic esters (lactones) is 1. The zero-order valence-corrected chi connectivity index (χ0v) is 13.7. The third-order valence-electron chi connectivity index (χ3n) is 3.88. The molecule has 1 atom stereocenters. The minimum absolute atomic E-state index is 0.0484. The Kier molecular flexibility index (Phi) is 4.47.